The first-order chi connectivity index (χ1) is 8.27. The number of hydrogen-bond acceptors (Lipinski definition) is 3. The smallest absolute Gasteiger partial charge is 0.219 e. The molecule has 0 saturated heterocycles. The molecule has 0 unspecified atom stereocenters. The number of nitrogens with one attached hydrogen (secondary N) is 1. The van der Waals surface area contributed by atoms with Crippen LogP contribution in [0.2, 0.25) is 0 Å². The van der Waals surface area contributed by atoms with Crippen molar-refractivity contribution in [1.82, 2.24) is 5.32 Å². The van der Waals surface area contributed by atoms with Crippen LogP contribution in [0.1, 0.15) is 18.9 Å². The van der Waals surface area contributed by atoms with Crippen molar-refractivity contribution in [2.75, 3.05) is 19.8 Å². The second kappa shape index (κ2) is 7.68. The van der Waals surface area contributed by atoms with Crippen LogP contribution in [-0.2, 0) is 11.2 Å². The van der Waals surface area contributed by atoms with Crippen LogP contribution in [0.3, 0.4) is 0 Å². The first kappa shape index (κ1) is 13.5. The highest BCUT2D eigenvalue weighted by molar-refractivity contribution is 5.75. The van der Waals surface area contributed by atoms with Gasteiger partial charge < -0.3 is 15.2 Å². The fourth-order valence-corrected chi connectivity index (χ4v) is 1.47. The summed E-state index contributed by atoms with van der Waals surface area (Å²) < 4.78 is 5.41. The molecule has 1 aromatic rings. The van der Waals surface area contributed by atoms with E-state index in [1.807, 2.05) is 31.2 Å². The molecular weight excluding hydrogens is 218 g/mol. The third kappa shape index (κ3) is 4.87. The molecule has 2 N–H and O–H groups in total. The van der Waals surface area contributed by atoms with Gasteiger partial charge in [-0.05, 0) is 18.1 Å². The molecule has 0 saturated carbocycles. The number of hydrogen-bond donors (Lipinski definition) is 2. The third-order valence-corrected chi connectivity index (χ3v) is 2.36. The van der Waals surface area contributed by atoms with Gasteiger partial charge in [0.05, 0.1) is 6.61 Å². The number of ether oxygens (including phenoxy) is 1. The number of aliphatic hydroxyl groups is 1. The lowest BCUT2D eigenvalue weighted by Crippen LogP contribution is -2.24. The number of benzene rings is 1. The first-order valence-electron chi connectivity index (χ1n) is 5.86. The molecule has 0 heterocycles. The number of carbonyl (C=O) groups excluding carboxylic acids is 1. The van der Waals surface area contributed by atoms with Crippen LogP contribution in [-0.4, -0.2) is 30.8 Å². The molecule has 1 amide bonds. The van der Waals surface area contributed by atoms with Crippen molar-refractivity contribution in [1.29, 1.82) is 0 Å². The highest BCUT2D eigenvalue weighted by atomic mass is 16.5. The first-order valence-corrected chi connectivity index (χ1v) is 5.86. The minimum atomic E-state index is 0.000898. The molecule has 1 rings (SSSR count). The fourth-order valence-electron chi connectivity index (χ4n) is 1.47. The van der Waals surface area contributed by atoms with Gasteiger partial charge in [0.25, 0.3) is 0 Å². The van der Waals surface area contributed by atoms with Gasteiger partial charge in [-0.3, -0.25) is 4.79 Å². The maximum absolute atomic E-state index is 11.1. The zero-order valence-electron chi connectivity index (χ0n) is 10.1. The predicted molar refractivity (Wildman–Crippen MR) is 66.0 cm³/mol. The largest absolute Gasteiger partial charge is 0.491 e. The van der Waals surface area contributed by atoms with Crippen LogP contribution in [0.5, 0.6) is 5.75 Å². The van der Waals surface area contributed by atoms with E-state index in [9.17, 15) is 4.79 Å². The molecule has 0 aliphatic carbocycles. The van der Waals surface area contributed by atoms with Gasteiger partial charge in [0.2, 0.25) is 5.91 Å². The number of aliphatic hydroxyl groups excluding tert-OH is 1. The molecule has 4 nitrogen and oxygen atoms in total. The molecule has 4 heteroatoms. The van der Waals surface area contributed by atoms with Gasteiger partial charge in [-0.25, -0.2) is 0 Å². The summed E-state index contributed by atoms with van der Waals surface area (Å²) in [5, 5.41) is 11.5. The highest BCUT2D eigenvalue weighted by Crippen LogP contribution is 2.17. The average molecular weight is 237 g/mol. The summed E-state index contributed by atoms with van der Waals surface area (Å²) >= 11 is 0. The minimum absolute atomic E-state index is 0.000898. The maximum Gasteiger partial charge on any atom is 0.219 e. The van der Waals surface area contributed by atoms with Crippen molar-refractivity contribution in [2.24, 2.45) is 0 Å². The summed E-state index contributed by atoms with van der Waals surface area (Å²) in [4.78, 5) is 11.1. The van der Waals surface area contributed by atoms with Gasteiger partial charge >= 0.3 is 0 Å². The lowest BCUT2D eigenvalue weighted by atomic mass is 10.1. The summed E-state index contributed by atoms with van der Waals surface area (Å²) in [5.41, 5.74) is 1.04. The highest BCUT2D eigenvalue weighted by Gasteiger charge is 2.03. The molecule has 0 bridgehead atoms. The van der Waals surface area contributed by atoms with Crippen molar-refractivity contribution in [3.63, 3.8) is 0 Å². The van der Waals surface area contributed by atoms with Crippen LogP contribution >= 0.6 is 0 Å². The Kier molecular flexibility index (Phi) is 6.10. The molecule has 0 aliphatic heterocycles. The van der Waals surface area contributed by atoms with Crippen molar-refractivity contribution in [3.8, 4) is 5.75 Å². The lowest BCUT2D eigenvalue weighted by molar-refractivity contribution is -0.120. The number of amides is 1. The Labute approximate surface area is 102 Å². The molecular formula is C13H19NO3. The Bertz CT molecular complexity index is 352. The van der Waals surface area contributed by atoms with E-state index in [1.54, 1.807) is 0 Å². The Hall–Kier alpha value is -1.55. The summed E-state index contributed by atoms with van der Waals surface area (Å²) in [5.74, 6) is 0.825. The van der Waals surface area contributed by atoms with Crippen molar-refractivity contribution >= 4 is 5.91 Å². The monoisotopic (exact) mass is 237 g/mol. The van der Waals surface area contributed by atoms with Crippen LogP contribution in [0.25, 0.3) is 0 Å². The lowest BCUT2D eigenvalue weighted by Gasteiger charge is -2.10. The van der Waals surface area contributed by atoms with Gasteiger partial charge in [-0.15, -0.1) is 0 Å². The van der Waals surface area contributed by atoms with E-state index in [1.165, 1.54) is 0 Å². The second-order valence-corrected chi connectivity index (χ2v) is 3.63. The van der Waals surface area contributed by atoms with Gasteiger partial charge in [-0.1, -0.05) is 25.1 Å². The predicted octanol–water partition coefficient (Wildman–Crippen LogP) is 1.13. The minimum Gasteiger partial charge on any atom is -0.491 e. The van der Waals surface area contributed by atoms with Crippen molar-refractivity contribution < 1.29 is 14.6 Å². The second-order valence-electron chi connectivity index (χ2n) is 3.63. The molecule has 0 fully saturated rings. The molecule has 0 radical (unpaired) electrons. The molecule has 17 heavy (non-hydrogen) atoms. The van der Waals surface area contributed by atoms with Gasteiger partial charge in [0, 0.05) is 13.0 Å². The molecule has 94 valence electrons. The zero-order chi connectivity index (χ0) is 12.5. The van der Waals surface area contributed by atoms with E-state index in [4.69, 9.17) is 9.84 Å². The molecule has 0 aliphatic rings. The SMILES string of the molecule is CCC(=O)NCCc1ccccc1OCCO. The quantitative estimate of drug-likeness (QED) is 0.747. The Morgan fingerprint density at radius 3 is 2.88 bits per heavy atom. The van der Waals surface area contributed by atoms with E-state index in [0.29, 0.717) is 19.6 Å². The molecule has 0 atom stereocenters. The van der Waals surface area contributed by atoms with E-state index in [2.05, 4.69) is 5.32 Å². The normalized spacial score (nSPS) is 10.0. The third-order valence-electron chi connectivity index (χ3n) is 2.36. The summed E-state index contributed by atoms with van der Waals surface area (Å²) in [6, 6.07) is 7.65. The van der Waals surface area contributed by atoms with E-state index < -0.39 is 0 Å². The average Bonchev–Trinajstić information content (AvgIpc) is 2.37. The molecule has 1 aromatic carbocycles. The molecule has 0 aromatic heterocycles. The van der Waals surface area contributed by atoms with Crippen LogP contribution < -0.4 is 10.1 Å². The summed E-state index contributed by atoms with van der Waals surface area (Å²) in [6.45, 7) is 2.72. The van der Waals surface area contributed by atoms with E-state index >= 15 is 0 Å². The Morgan fingerprint density at radius 2 is 2.18 bits per heavy atom. The van der Waals surface area contributed by atoms with Gasteiger partial charge in [0.1, 0.15) is 12.4 Å². The number of carbonyl (C=O) groups is 1. The Morgan fingerprint density at radius 1 is 1.41 bits per heavy atom. The van der Waals surface area contributed by atoms with Crippen LogP contribution in [0, 0.1) is 0 Å². The van der Waals surface area contributed by atoms with E-state index in [0.717, 1.165) is 17.7 Å². The number of para-hydroxylation sites is 1. The van der Waals surface area contributed by atoms with Gasteiger partial charge in [0.15, 0.2) is 0 Å². The van der Waals surface area contributed by atoms with E-state index in [-0.39, 0.29) is 12.5 Å². The zero-order valence-corrected chi connectivity index (χ0v) is 10.1. The fraction of sp³-hybridized carbons (Fsp3) is 0.462. The summed E-state index contributed by atoms with van der Waals surface area (Å²) in [6.07, 6.45) is 1.23. The van der Waals surface area contributed by atoms with Crippen molar-refractivity contribution in [3.05, 3.63) is 29.8 Å². The van der Waals surface area contributed by atoms with Crippen LogP contribution in [0.4, 0.5) is 0 Å². The van der Waals surface area contributed by atoms with Crippen molar-refractivity contribution in [2.45, 2.75) is 19.8 Å². The number of rotatable bonds is 7. The molecule has 0 spiro atoms. The Balaban J connectivity index is 2.48. The maximum atomic E-state index is 11.1. The topological polar surface area (TPSA) is 58.6 Å². The van der Waals surface area contributed by atoms with Gasteiger partial charge in [-0.2, -0.15) is 0 Å². The standard InChI is InChI=1S/C13H19NO3/c1-2-13(16)14-8-7-11-5-3-4-6-12(11)17-10-9-15/h3-6,15H,2,7-10H2,1H3,(H,14,16). The van der Waals surface area contributed by atoms with Crippen LogP contribution in [0.15, 0.2) is 24.3 Å². The summed E-state index contributed by atoms with van der Waals surface area (Å²) in [7, 11) is 0.